The number of carboxylic acid groups (broad SMARTS) is 5. The van der Waals surface area contributed by atoms with Crippen LogP contribution in [0.4, 0.5) is 30.0 Å². The number of carboxylic acids is 5. The lowest BCUT2D eigenvalue weighted by Crippen LogP contribution is -2.69. The van der Waals surface area contributed by atoms with E-state index in [1.54, 1.807) is 69.2 Å². The van der Waals surface area contributed by atoms with Crippen molar-refractivity contribution in [3.63, 3.8) is 0 Å². The van der Waals surface area contributed by atoms with Gasteiger partial charge in [-0.3, -0.25) is 96.1 Å². The monoisotopic (exact) mass is 2110 g/mol. The molecule has 56 nitrogen and oxygen atoms in total. The number of Topliss-reactive ketones (excluding diaryl/α,β-unsaturated/α-hetero) is 10. The number of rotatable bonds is 51. The molecule has 0 spiro atoms. The number of hydrogen-bond acceptors (Lipinski definition) is 51. The maximum atomic E-state index is 13.0. The van der Waals surface area contributed by atoms with Gasteiger partial charge in [0.1, 0.15) is 55.4 Å². The number of β-lactam (4-membered cyclic amide) rings is 5. The largest absolute Gasteiger partial charge is 0.479 e. The Morgan fingerprint density at radius 2 is 0.587 bits per heavy atom. The molecule has 5 aromatic heterocycles. The molecular weight excluding hydrogens is 2010 g/mol. The summed E-state index contributed by atoms with van der Waals surface area (Å²) < 4.78 is 16.8. The van der Waals surface area contributed by atoms with Crippen LogP contribution in [0.5, 0.6) is 0 Å². The minimum Gasteiger partial charge on any atom is -0.479 e. The molecule has 0 aliphatic carbocycles. The normalized spacial score (nSPS) is 18.9. The fourth-order valence-electron chi connectivity index (χ4n) is 13.1. The third kappa shape index (κ3) is 31.3. The number of hydroxylamine groups is 10. The number of anilines is 5. The number of halogens is 1. The highest BCUT2D eigenvalue weighted by Crippen LogP contribution is 2.46. The number of aromatic nitrogens is 6. The second kappa shape index (κ2) is 50.8. The number of nitrogens with zero attached hydrogens (tertiary/aromatic N) is 16. The van der Waals surface area contributed by atoms with Crippen molar-refractivity contribution in [2.45, 2.75) is 183 Å². The average molecular weight is 2110 g/mol. The highest BCUT2D eigenvalue weighted by Gasteiger charge is 2.61. The molecule has 0 radical (unpaired) electrons. The van der Waals surface area contributed by atoms with Gasteiger partial charge in [-0.05, 0) is 111 Å². The Balaban J connectivity index is 0.000000274. The molecule has 5 aromatic rings. The minimum absolute atomic E-state index is 0.0811. The molecule has 0 saturated carbocycles. The summed E-state index contributed by atoms with van der Waals surface area (Å²) in [6.07, 6.45) is -3.47. The number of ketones is 10. The average Bonchev–Trinajstić information content (AvgIpc) is 1.21. The van der Waals surface area contributed by atoms with Gasteiger partial charge in [0.15, 0.2) is 118 Å². The number of carbonyl (C=O) groups is 20. The lowest BCUT2D eigenvalue weighted by atomic mass is 9.74. The Kier molecular flexibility index (Phi) is 41.7. The first-order valence-electron chi connectivity index (χ1n) is 41.7. The molecule has 10 rings (SSSR count). The fourth-order valence-corrected chi connectivity index (χ4v) is 15.7. The molecule has 5 saturated heterocycles. The number of thiazole rings is 4. The summed E-state index contributed by atoms with van der Waals surface area (Å²) in [5.41, 5.74) is 22.7. The van der Waals surface area contributed by atoms with Crippen molar-refractivity contribution in [1.29, 1.82) is 0 Å². The molecule has 5 fully saturated rings. The fraction of sp³-hybridized carbons (Fsp3) is 0.519. The molecule has 143 heavy (non-hydrogen) atoms. The Hall–Kier alpha value is -14.4. The summed E-state index contributed by atoms with van der Waals surface area (Å²) in [4.78, 5) is 304. The third-order valence-electron chi connectivity index (χ3n) is 20.9. The second-order valence-electron chi connectivity index (χ2n) is 33.7. The first-order valence-corrected chi connectivity index (χ1v) is 46.0. The van der Waals surface area contributed by atoms with Gasteiger partial charge in [0, 0.05) is 65.2 Å². The topological polar surface area (TPSA) is 820 Å². The number of alkyl halides is 1. The van der Waals surface area contributed by atoms with Gasteiger partial charge in [-0.2, -0.15) is 9.36 Å². The lowest BCUT2D eigenvalue weighted by molar-refractivity contribution is -0.282. The standard InChI is InChI=1S/C17H21FN4O7S.C17H22N4O7S.2C16H20N4O7S.C15H19N5O7S/c1-8(23)12(5-18)29-22-15(27)9(17(22,2)3)4-11(24)14(21-28-6-13(25)26)10-7-30-16(19)20-10;1-8(22)9(2)28-21-15(26)10(17(21,3)4)5-12(23)14(20-27-6-13(24)25)11-7-29-16(18)19-11;2*1-8(21)5-27-20-14(25)9(16(20,2)3)4-11(22)13(19-26-6-12(23)24)10-7-28-15(17)18-10;1-7(21)5-27-20-13(25)8(15(20,2)3)4-9(22)11(18-26-6-10(23)24)12-17-14(16)28-19-12/h7,9,12H,4-6H2,1-3H3,(H2,19,20)(H,25,26);7,9-10H,5-6H2,1-4H3,(H2,18,19)(H,24,25);2*7,9H,4-6H2,1-3H3,(H2,17,18)(H,23,24);8H,4-6H2,1-3H3,(H,23,24)(H2,16,17,19)/b21-14-;20-14-;2*19-13-;18-11+/t9-,12?;9?,10-;2*9-;8-/m11111/s1. The molecule has 7 atom stereocenters. The molecule has 5 aliphatic heterocycles. The van der Waals surface area contributed by atoms with Crippen molar-refractivity contribution in [2.75, 3.05) is 88.2 Å². The van der Waals surface area contributed by atoms with Crippen LogP contribution < -0.4 is 28.7 Å². The van der Waals surface area contributed by atoms with E-state index in [1.807, 2.05) is 0 Å². The van der Waals surface area contributed by atoms with Gasteiger partial charge in [0.05, 0.1) is 57.3 Å². The predicted octanol–water partition coefficient (Wildman–Crippen LogP) is 1.36. The molecule has 0 bridgehead atoms. The number of nitrogen functional groups attached to an aromatic ring is 5. The molecule has 5 amide bonds. The van der Waals surface area contributed by atoms with Crippen molar-refractivity contribution in [3.8, 4) is 0 Å². The van der Waals surface area contributed by atoms with Gasteiger partial charge in [-0.1, -0.05) is 25.8 Å². The molecule has 778 valence electrons. The zero-order valence-corrected chi connectivity index (χ0v) is 83.3. The van der Waals surface area contributed by atoms with E-state index in [2.05, 4.69) is 79.3 Å². The van der Waals surface area contributed by atoms with Gasteiger partial charge < -0.3 is 78.4 Å². The molecule has 2 unspecified atom stereocenters. The van der Waals surface area contributed by atoms with Crippen LogP contribution in [0.3, 0.4) is 0 Å². The molecule has 5 aliphatic rings. The highest BCUT2D eigenvalue weighted by atomic mass is 32.1. The van der Waals surface area contributed by atoms with Crippen LogP contribution in [0.2, 0.25) is 0 Å². The van der Waals surface area contributed by atoms with Gasteiger partial charge in [0.2, 0.25) is 38.9 Å². The van der Waals surface area contributed by atoms with Crippen molar-refractivity contribution >= 4 is 228 Å². The van der Waals surface area contributed by atoms with Crippen molar-refractivity contribution in [2.24, 2.45) is 55.4 Å². The molecule has 15 N–H and O–H groups in total. The number of amides is 5. The van der Waals surface area contributed by atoms with E-state index in [9.17, 15) is 100 Å². The Morgan fingerprint density at radius 3 is 0.776 bits per heavy atom. The quantitative estimate of drug-likeness (QED) is 0.0149. The summed E-state index contributed by atoms with van der Waals surface area (Å²) in [7, 11) is 0. The van der Waals surface area contributed by atoms with Crippen LogP contribution in [-0.4, -0.2) is 325 Å². The SMILES string of the molecule is CC(=O)C(C)ON1C(=O)[C@@H](CC(=O)/C(=N\OCC(=O)O)c2csc(N)n2)C1(C)C.CC(=O)C(CF)ON1C(=O)[C@@H](CC(=O)/C(=N\OCC(=O)O)c2csc(N)n2)C1(C)C.CC(=O)CON1C(=O)[C@@H](CC(=O)/C(=N\OCC(=O)O)c2csc(N)n2)C1(C)C.CC(=O)CON1C(=O)[C@@H](CC(=O)/C(=N\OCC(=O)O)c2csc(N)n2)C1(C)C.CC(=O)CON1C(=O)[C@@H](CC(=O)/C(=N\OCC(=O)O)c2nsc(N)n2)C1(C)C. The number of oxime groups is 5. The van der Waals surface area contributed by atoms with Gasteiger partial charge in [-0.15, -0.1) is 45.3 Å². The molecular formula is C81H102FN21O35S5. The summed E-state index contributed by atoms with van der Waals surface area (Å²) in [5.74, 6) is -17.1. The lowest BCUT2D eigenvalue weighted by Gasteiger charge is -2.52. The van der Waals surface area contributed by atoms with Gasteiger partial charge >= 0.3 is 29.8 Å². The van der Waals surface area contributed by atoms with E-state index in [1.165, 1.54) is 56.1 Å². The first-order chi connectivity index (χ1) is 66.5. The summed E-state index contributed by atoms with van der Waals surface area (Å²) in [6.45, 7) is 19.2. The number of carbonyl (C=O) groups excluding carboxylic acids is 15. The van der Waals surface area contributed by atoms with E-state index in [-0.39, 0.29) is 158 Å². The van der Waals surface area contributed by atoms with E-state index in [0.29, 0.717) is 0 Å². The van der Waals surface area contributed by atoms with Crippen LogP contribution in [0, 0.1) is 29.6 Å². The van der Waals surface area contributed by atoms with Crippen LogP contribution >= 0.6 is 56.9 Å². The first kappa shape index (κ1) is 117. The number of nitrogens with two attached hydrogens (primary N) is 5. The van der Waals surface area contributed by atoms with Crippen LogP contribution in [0.25, 0.3) is 0 Å². The third-order valence-corrected chi connectivity index (χ3v) is 24.2. The predicted molar refractivity (Wildman–Crippen MR) is 494 cm³/mol. The Morgan fingerprint density at radius 1 is 0.357 bits per heavy atom. The minimum atomic E-state index is -1.41. The summed E-state index contributed by atoms with van der Waals surface area (Å²) in [5, 5.41) is 73.0. The smallest absolute Gasteiger partial charge is 0.344 e. The Labute approximate surface area is 829 Å². The molecule has 62 heteroatoms. The maximum absolute atomic E-state index is 13.0. The number of hydrogen-bond donors (Lipinski definition) is 10. The highest BCUT2D eigenvalue weighted by molar-refractivity contribution is 7.14. The Bertz CT molecular complexity index is 5530. The summed E-state index contributed by atoms with van der Waals surface area (Å²) >= 11 is 5.08. The van der Waals surface area contributed by atoms with Gasteiger partial charge in [-0.25, -0.2) is 73.6 Å². The zero-order chi connectivity index (χ0) is 108. The maximum Gasteiger partial charge on any atom is 0.344 e. The van der Waals surface area contributed by atoms with Crippen LogP contribution in [-0.2, 0) is 144 Å². The van der Waals surface area contributed by atoms with Gasteiger partial charge in [0.25, 0.3) is 29.5 Å². The molecule has 10 heterocycles. The van der Waals surface area contributed by atoms with E-state index in [0.717, 1.165) is 89.1 Å². The van der Waals surface area contributed by atoms with Crippen LogP contribution in [0.15, 0.2) is 47.3 Å². The van der Waals surface area contributed by atoms with E-state index < -0.39 is 203 Å². The van der Waals surface area contributed by atoms with Crippen molar-refractivity contribution in [3.05, 3.63) is 50.1 Å². The molecule has 0 aromatic carbocycles. The van der Waals surface area contributed by atoms with E-state index >= 15 is 0 Å². The van der Waals surface area contributed by atoms with Crippen molar-refractivity contribution < 1.29 is 174 Å². The zero-order valence-electron chi connectivity index (χ0n) is 79.2. The van der Waals surface area contributed by atoms with E-state index in [4.69, 9.17) is 78.4 Å². The number of aliphatic carboxylic acids is 5. The second-order valence-corrected chi connectivity index (χ2v) is 38.1. The summed E-state index contributed by atoms with van der Waals surface area (Å²) in [6, 6.07) is 0. The van der Waals surface area contributed by atoms with Crippen LogP contribution in [0.1, 0.15) is 171 Å². The van der Waals surface area contributed by atoms with Crippen molar-refractivity contribution in [1.82, 2.24) is 54.6 Å².